The average Bonchev–Trinajstić information content (AvgIpc) is 2.27. The lowest BCUT2D eigenvalue weighted by atomic mass is 10.0. The molecule has 82 valence electrons. The lowest BCUT2D eigenvalue weighted by molar-refractivity contribution is -0.150. The first-order valence-electron chi connectivity index (χ1n) is 4.64. The molecule has 15 heavy (non-hydrogen) atoms. The van der Waals surface area contributed by atoms with Crippen LogP contribution in [0.15, 0.2) is 18.2 Å². The number of aliphatic hydroxyl groups is 1. The van der Waals surface area contributed by atoms with Gasteiger partial charge >= 0.3 is 5.97 Å². The summed E-state index contributed by atoms with van der Waals surface area (Å²) in [6, 6.07) is 4.32. The highest BCUT2D eigenvalue weighted by Gasteiger charge is 2.21. The van der Waals surface area contributed by atoms with Crippen molar-refractivity contribution in [3.05, 3.63) is 35.1 Å². The van der Waals surface area contributed by atoms with Crippen LogP contribution >= 0.6 is 0 Å². The summed E-state index contributed by atoms with van der Waals surface area (Å²) in [4.78, 5) is 11.0. The molecule has 0 spiro atoms. The molecule has 0 amide bonds. The van der Waals surface area contributed by atoms with Crippen LogP contribution in [0.5, 0.6) is 0 Å². The Labute approximate surface area is 87.5 Å². The molecule has 1 aromatic rings. The summed E-state index contributed by atoms with van der Waals surface area (Å²) in [5.74, 6) is -1.47. The van der Waals surface area contributed by atoms with E-state index in [1.54, 1.807) is 6.07 Å². The zero-order chi connectivity index (χ0) is 11.4. The van der Waals surface area contributed by atoms with E-state index in [0.717, 1.165) is 12.7 Å². The Balaban J connectivity index is 3.06. The van der Waals surface area contributed by atoms with E-state index in [4.69, 9.17) is 0 Å². The van der Waals surface area contributed by atoms with Gasteiger partial charge in [-0.05, 0) is 24.1 Å². The van der Waals surface area contributed by atoms with Crippen molar-refractivity contribution in [2.45, 2.75) is 19.4 Å². The van der Waals surface area contributed by atoms with Crippen LogP contribution in [0, 0.1) is 5.82 Å². The molecule has 4 heteroatoms. The van der Waals surface area contributed by atoms with E-state index in [1.807, 2.05) is 6.92 Å². The topological polar surface area (TPSA) is 46.5 Å². The Kier molecular flexibility index (Phi) is 3.80. The fourth-order valence-corrected chi connectivity index (χ4v) is 1.26. The number of ether oxygens (including phenoxy) is 1. The van der Waals surface area contributed by atoms with Gasteiger partial charge in [0.2, 0.25) is 0 Å². The van der Waals surface area contributed by atoms with Crippen LogP contribution in [0.25, 0.3) is 0 Å². The quantitative estimate of drug-likeness (QED) is 0.774. The van der Waals surface area contributed by atoms with Gasteiger partial charge in [-0.1, -0.05) is 13.0 Å². The Morgan fingerprint density at radius 1 is 1.60 bits per heavy atom. The van der Waals surface area contributed by atoms with E-state index >= 15 is 0 Å². The molecule has 3 nitrogen and oxygen atoms in total. The maximum atomic E-state index is 13.3. The SMILES string of the molecule is CCc1ccc(F)c(C(O)C(=O)OC)c1. The van der Waals surface area contributed by atoms with Crippen LogP contribution in [-0.2, 0) is 16.0 Å². The Morgan fingerprint density at radius 2 is 2.27 bits per heavy atom. The van der Waals surface area contributed by atoms with E-state index in [-0.39, 0.29) is 5.56 Å². The molecule has 0 aliphatic carbocycles. The summed E-state index contributed by atoms with van der Waals surface area (Å²) < 4.78 is 17.6. The van der Waals surface area contributed by atoms with Gasteiger partial charge in [-0.2, -0.15) is 0 Å². The number of esters is 1. The number of halogens is 1. The minimum absolute atomic E-state index is 0.0406. The number of aliphatic hydroxyl groups excluding tert-OH is 1. The summed E-state index contributed by atoms with van der Waals surface area (Å²) in [5.41, 5.74) is 0.815. The first kappa shape index (κ1) is 11.7. The normalized spacial score (nSPS) is 12.3. The molecule has 0 aliphatic heterocycles. The summed E-state index contributed by atoms with van der Waals surface area (Å²) in [7, 11) is 1.15. The van der Waals surface area contributed by atoms with Crippen LogP contribution in [0.3, 0.4) is 0 Å². The van der Waals surface area contributed by atoms with Gasteiger partial charge in [-0.3, -0.25) is 0 Å². The highest BCUT2D eigenvalue weighted by Crippen LogP contribution is 2.20. The zero-order valence-electron chi connectivity index (χ0n) is 8.66. The first-order chi connectivity index (χ1) is 7.10. The monoisotopic (exact) mass is 212 g/mol. The second kappa shape index (κ2) is 4.89. The molecule has 0 radical (unpaired) electrons. The molecule has 1 rings (SSSR count). The van der Waals surface area contributed by atoms with Crippen LogP contribution in [0.2, 0.25) is 0 Å². The molecule has 0 saturated carbocycles. The van der Waals surface area contributed by atoms with Gasteiger partial charge in [0.15, 0.2) is 6.10 Å². The van der Waals surface area contributed by atoms with Gasteiger partial charge in [-0.25, -0.2) is 9.18 Å². The second-order valence-corrected chi connectivity index (χ2v) is 3.14. The number of rotatable bonds is 3. The third kappa shape index (κ3) is 2.53. The molecule has 1 aromatic carbocycles. The number of hydrogen-bond donors (Lipinski definition) is 1. The summed E-state index contributed by atoms with van der Waals surface area (Å²) in [5, 5.41) is 9.48. The maximum absolute atomic E-state index is 13.3. The molecule has 1 N–H and O–H groups in total. The minimum atomic E-state index is -1.55. The van der Waals surface area contributed by atoms with Crippen LogP contribution in [0.1, 0.15) is 24.2 Å². The predicted octanol–water partition coefficient (Wildman–Crippen LogP) is 1.59. The van der Waals surface area contributed by atoms with Crippen LogP contribution in [-0.4, -0.2) is 18.2 Å². The van der Waals surface area contributed by atoms with Gasteiger partial charge in [-0.15, -0.1) is 0 Å². The van der Waals surface area contributed by atoms with E-state index in [1.165, 1.54) is 12.1 Å². The predicted molar refractivity (Wildman–Crippen MR) is 52.8 cm³/mol. The number of methoxy groups -OCH3 is 1. The van der Waals surface area contributed by atoms with E-state index in [0.29, 0.717) is 6.42 Å². The molecular formula is C11H13FO3. The largest absolute Gasteiger partial charge is 0.467 e. The third-order valence-corrected chi connectivity index (χ3v) is 2.19. The fourth-order valence-electron chi connectivity index (χ4n) is 1.26. The number of hydrogen-bond acceptors (Lipinski definition) is 3. The molecule has 0 heterocycles. The molecule has 1 unspecified atom stereocenters. The van der Waals surface area contributed by atoms with Crippen LogP contribution < -0.4 is 0 Å². The van der Waals surface area contributed by atoms with Crippen molar-refractivity contribution in [2.24, 2.45) is 0 Å². The smallest absolute Gasteiger partial charge is 0.339 e. The third-order valence-electron chi connectivity index (χ3n) is 2.19. The van der Waals surface area contributed by atoms with Gasteiger partial charge in [0, 0.05) is 5.56 Å². The Hall–Kier alpha value is -1.42. The second-order valence-electron chi connectivity index (χ2n) is 3.14. The van der Waals surface area contributed by atoms with Crippen molar-refractivity contribution in [3.8, 4) is 0 Å². The highest BCUT2D eigenvalue weighted by atomic mass is 19.1. The minimum Gasteiger partial charge on any atom is -0.467 e. The number of aryl methyl sites for hydroxylation is 1. The molecular weight excluding hydrogens is 199 g/mol. The van der Waals surface area contributed by atoms with Crippen molar-refractivity contribution in [1.82, 2.24) is 0 Å². The van der Waals surface area contributed by atoms with Gasteiger partial charge in [0.25, 0.3) is 0 Å². The van der Waals surface area contributed by atoms with Gasteiger partial charge < -0.3 is 9.84 Å². The van der Waals surface area contributed by atoms with Gasteiger partial charge in [0.05, 0.1) is 7.11 Å². The summed E-state index contributed by atoms with van der Waals surface area (Å²) in [6.07, 6.45) is -0.845. The Morgan fingerprint density at radius 3 is 2.80 bits per heavy atom. The molecule has 0 aromatic heterocycles. The average molecular weight is 212 g/mol. The van der Waals surface area contributed by atoms with Crippen molar-refractivity contribution < 1.29 is 19.0 Å². The lowest BCUT2D eigenvalue weighted by Gasteiger charge is -2.10. The van der Waals surface area contributed by atoms with Crippen molar-refractivity contribution >= 4 is 5.97 Å². The fraction of sp³-hybridized carbons (Fsp3) is 0.364. The molecule has 0 aliphatic rings. The lowest BCUT2D eigenvalue weighted by Crippen LogP contribution is -2.15. The van der Waals surface area contributed by atoms with Crippen molar-refractivity contribution in [1.29, 1.82) is 0 Å². The van der Waals surface area contributed by atoms with Crippen molar-refractivity contribution in [3.63, 3.8) is 0 Å². The number of benzene rings is 1. The van der Waals surface area contributed by atoms with E-state index in [2.05, 4.69) is 4.74 Å². The molecule has 0 fully saturated rings. The maximum Gasteiger partial charge on any atom is 0.339 e. The first-order valence-corrected chi connectivity index (χ1v) is 4.64. The molecule has 0 bridgehead atoms. The van der Waals surface area contributed by atoms with Crippen LogP contribution in [0.4, 0.5) is 4.39 Å². The van der Waals surface area contributed by atoms with Gasteiger partial charge in [0.1, 0.15) is 5.82 Å². The summed E-state index contributed by atoms with van der Waals surface area (Å²) in [6.45, 7) is 1.90. The zero-order valence-corrected chi connectivity index (χ0v) is 8.66. The Bertz CT molecular complexity index is 363. The molecule has 0 saturated heterocycles. The number of carbonyl (C=O) groups is 1. The number of carbonyl (C=O) groups excluding carboxylic acids is 1. The van der Waals surface area contributed by atoms with E-state index < -0.39 is 17.9 Å². The standard InChI is InChI=1S/C11H13FO3/c1-3-7-4-5-9(12)8(6-7)10(13)11(14)15-2/h4-6,10,13H,3H2,1-2H3. The summed E-state index contributed by atoms with van der Waals surface area (Å²) >= 11 is 0. The van der Waals surface area contributed by atoms with Crippen molar-refractivity contribution in [2.75, 3.05) is 7.11 Å². The van der Waals surface area contributed by atoms with E-state index in [9.17, 15) is 14.3 Å². The highest BCUT2D eigenvalue weighted by molar-refractivity contribution is 5.76. The molecule has 1 atom stereocenters.